The Kier molecular flexibility index (Phi) is 1.90. The fourth-order valence-corrected chi connectivity index (χ4v) is 0.0373. The molecule has 0 fully saturated rings. The number of hydrogen-bond acceptors (Lipinski definition) is 2. The van der Waals surface area contributed by atoms with E-state index in [4.69, 9.17) is 5.11 Å². The van der Waals surface area contributed by atoms with Gasteiger partial charge in [-0.05, 0) is 6.92 Å². The molecule has 0 heterocycles. The van der Waals surface area contributed by atoms with Gasteiger partial charge in [-0.25, -0.2) is 4.39 Å². The molecule has 0 aliphatic rings. The van der Waals surface area contributed by atoms with E-state index in [2.05, 4.69) is 0 Å². The quantitative estimate of drug-likeness (QED) is 0.499. The Labute approximate surface area is 41.0 Å². The lowest BCUT2D eigenvalue weighted by Crippen LogP contribution is -2.24. The molecule has 0 aromatic heterocycles. The fourth-order valence-electron chi connectivity index (χ4n) is 0.0373. The molecule has 0 rings (SSSR count). The van der Waals surface area contributed by atoms with Gasteiger partial charge < -0.3 is 5.11 Å². The molecule has 3 heteroatoms. The maximum Gasteiger partial charge on any atom is 0.185 e. The number of aldehydes is 1. The van der Waals surface area contributed by atoms with Gasteiger partial charge in [0.1, 0.15) is 0 Å². The number of alkyl halides is 1. The van der Waals surface area contributed by atoms with Gasteiger partial charge in [0.05, 0.1) is 6.61 Å². The van der Waals surface area contributed by atoms with E-state index < -0.39 is 12.3 Å². The first-order valence-electron chi connectivity index (χ1n) is 1.88. The molecule has 0 aliphatic carbocycles. The van der Waals surface area contributed by atoms with Crippen LogP contribution in [0.4, 0.5) is 4.39 Å². The summed E-state index contributed by atoms with van der Waals surface area (Å²) in [5, 5.41) is 7.99. The fraction of sp³-hybridized carbons (Fsp3) is 0.750. The van der Waals surface area contributed by atoms with Gasteiger partial charge in [-0.2, -0.15) is 0 Å². The van der Waals surface area contributed by atoms with E-state index >= 15 is 0 Å². The van der Waals surface area contributed by atoms with Crippen LogP contribution in [0.15, 0.2) is 0 Å². The highest BCUT2D eigenvalue weighted by Gasteiger charge is 2.19. The molecular weight excluding hydrogens is 99.0 g/mol. The van der Waals surface area contributed by atoms with Crippen molar-refractivity contribution in [1.82, 2.24) is 0 Å². The summed E-state index contributed by atoms with van der Waals surface area (Å²) in [7, 11) is 0. The van der Waals surface area contributed by atoms with Crippen LogP contribution in [0.1, 0.15) is 6.92 Å². The van der Waals surface area contributed by atoms with Crippen LogP contribution in [0.2, 0.25) is 0 Å². The number of aliphatic hydroxyl groups is 1. The summed E-state index contributed by atoms with van der Waals surface area (Å²) in [5.41, 5.74) is -2.04. The van der Waals surface area contributed by atoms with E-state index in [1.54, 1.807) is 0 Å². The van der Waals surface area contributed by atoms with Crippen LogP contribution in [0.25, 0.3) is 0 Å². The van der Waals surface area contributed by atoms with Crippen LogP contribution < -0.4 is 0 Å². The first kappa shape index (κ1) is 6.56. The van der Waals surface area contributed by atoms with Gasteiger partial charge in [0, 0.05) is 0 Å². The minimum absolute atomic E-state index is 0.0764. The van der Waals surface area contributed by atoms with Gasteiger partial charge in [0.2, 0.25) is 0 Å². The third-order valence-corrected chi connectivity index (χ3v) is 0.555. The summed E-state index contributed by atoms with van der Waals surface area (Å²) >= 11 is 0. The number of halogens is 1. The minimum atomic E-state index is -2.04. The largest absolute Gasteiger partial charge is 0.393 e. The van der Waals surface area contributed by atoms with Crippen molar-refractivity contribution in [2.45, 2.75) is 12.6 Å². The number of carbonyl (C=O) groups excluding carboxylic acids is 1. The molecule has 0 amide bonds. The molecule has 42 valence electrons. The molecule has 0 saturated carbocycles. The molecule has 1 unspecified atom stereocenters. The van der Waals surface area contributed by atoms with Gasteiger partial charge >= 0.3 is 0 Å². The smallest absolute Gasteiger partial charge is 0.185 e. The van der Waals surface area contributed by atoms with Crippen molar-refractivity contribution < 1.29 is 14.3 Å². The van der Waals surface area contributed by atoms with E-state index in [0.717, 1.165) is 6.92 Å². The monoisotopic (exact) mass is 106 g/mol. The molecule has 0 bridgehead atoms. The van der Waals surface area contributed by atoms with Crippen LogP contribution in [-0.4, -0.2) is 23.7 Å². The Morgan fingerprint density at radius 2 is 2.43 bits per heavy atom. The molecule has 2 nitrogen and oxygen atoms in total. The van der Waals surface area contributed by atoms with Crippen molar-refractivity contribution in [3.63, 3.8) is 0 Å². The third kappa shape index (κ3) is 2.28. The molecule has 1 atom stereocenters. The van der Waals surface area contributed by atoms with Crippen molar-refractivity contribution in [2.75, 3.05) is 6.61 Å². The third-order valence-electron chi connectivity index (χ3n) is 0.555. The van der Waals surface area contributed by atoms with Crippen LogP contribution in [-0.2, 0) is 4.79 Å². The van der Waals surface area contributed by atoms with E-state index in [9.17, 15) is 9.18 Å². The molecule has 0 spiro atoms. The van der Waals surface area contributed by atoms with Crippen molar-refractivity contribution in [3.05, 3.63) is 0 Å². The second-order valence-electron chi connectivity index (χ2n) is 1.55. The molecule has 0 aliphatic heterocycles. The zero-order valence-electron chi connectivity index (χ0n) is 4.02. The second kappa shape index (κ2) is 2.02. The van der Waals surface area contributed by atoms with Gasteiger partial charge in [-0.1, -0.05) is 0 Å². The zero-order valence-corrected chi connectivity index (χ0v) is 4.02. The Bertz CT molecular complexity index is 70.1. The van der Waals surface area contributed by atoms with Gasteiger partial charge in [-0.3, -0.25) is 4.79 Å². The average Bonchev–Trinajstić information content (AvgIpc) is 1.68. The van der Waals surface area contributed by atoms with E-state index in [-0.39, 0.29) is 6.29 Å². The van der Waals surface area contributed by atoms with Crippen LogP contribution in [0.5, 0.6) is 0 Å². The van der Waals surface area contributed by atoms with Gasteiger partial charge in [0.25, 0.3) is 0 Å². The summed E-state index contributed by atoms with van der Waals surface area (Å²) < 4.78 is 11.9. The number of carbonyl (C=O) groups is 1. The van der Waals surface area contributed by atoms with Gasteiger partial charge in [0.15, 0.2) is 12.0 Å². The van der Waals surface area contributed by atoms with Gasteiger partial charge in [-0.15, -0.1) is 0 Å². The molecule has 1 N–H and O–H groups in total. The molecule has 0 aromatic rings. The first-order chi connectivity index (χ1) is 3.12. The Morgan fingerprint density at radius 3 is 2.43 bits per heavy atom. The lowest BCUT2D eigenvalue weighted by atomic mass is 10.2. The standard InChI is InChI=1S/C4H7FO2/c1-4(5,2-6)3-7/h2,7H,3H2,1H3. The predicted octanol–water partition coefficient (Wildman–Crippen LogP) is -0.0942. The van der Waals surface area contributed by atoms with Crippen LogP contribution in [0.3, 0.4) is 0 Å². The molecule has 0 aromatic carbocycles. The van der Waals surface area contributed by atoms with E-state index in [0.29, 0.717) is 0 Å². The summed E-state index contributed by atoms with van der Waals surface area (Å²) in [6, 6.07) is 0. The zero-order chi connectivity index (χ0) is 5.91. The lowest BCUT2D eigenvalue weighted by Gasteiger charge is -2.04. The Balaban J connectivity index is 3.58. The van der Waals surface area contributed by atoms with Crippen LogP contribution >= 0.6 is 0 Å². The number of aliphatic hydroxyl groups excluding tert-OH is 1. The average molecular weight is 106 g/mol. The maximum atomic E-state index is 11.9. The highest BCUT2D eigenvalue weighted by atomic mass is 19.1. The van der Waals surface area contributed by atoms with E-state index in [1.165, 1.54) is 0 Å². The number of rotatable bonds is 2. The Hall–Kier alpha value is -0.440. The van der Waals surface area contributed by atoms with Crippen molar-refractivity contribution in [3.8, 4) is 0 Å². The molecular formula is C4H7FO2. The summed E-state index contributed by atoms with van der Waals surface area (Å²) in [6.07, 6.45) is 0.0764. The SMILES string of the molecule is CC(F)(C=O)CO. The molecule has 0 saturated heterocycles. The first-order valence-corrected chi connectivity index (χ1v) is 1.88. The minimum Gasteiger partial charge on any atom is -0.393 e. The summed E-state index contributed by atoms with van der Waals surface area (Å²) in [5.74, 6) is 0. The Morgan fingerprint density at radius 1 is 2.00 bits per heavy atom. The normalized spacial score (nSPS) is 18.1. The second-order valence-corrected chi connectivity index (χ2v) is 1.55. The lowest BCUT2D eigenvalue weighted by molar-refractivity contribution is -0.119. The highest BCUT2D eigenvalue weighted by Crippen LogP contribution is 2.01. The molecule has 0 radical (unpaired) electrons. The van der Waals surface area contributed by atoms with E-state index in [1.807, 2.05) is 0 Å². The summed E-state index contributed by atoms with van der Waals surface area (Å²) in [4.78, 5) is 9.52. The predicted molar refractivity (Wildman–Crippen MR) is 22.7 cm³/mol. The molecule has 7 heavy (non-hydrogen) atoms. The summed E-state index contributed by atoms with van der Waals surface area (Å²) in [6.45, 7) is 0.274. The number of hydrogen-bond donors (Lipinski definition) is 1. The highest BCUT2D eigenvalue weighted by molar-refractivity contribution is 5.61. The van der Waals surface area contributed by atoms with Crippen LogP contribution in [0, 0.1) is 0 Å². The van der Waals surface area contributed by atoms with Crippen molar-refractivity contribution >= 4 is 6.29 Å². The van der Waals surface area contributed by atoms with Crippen molar-refractivity contribution in [2.24, 2.45) is 0 Å². The van der Waals surface area contributed by atoms with Crippen molar-refractivity contribution in [1.29, 1.82) is 0 Å². The topological polar surface area (TPSA) is 37.3 Å². The maximum absolute atomic E-state index is 11.9.